The highest BCUT2D eigenvalue weighted by atomic mass is 32.2. The van der Waals surface area contributed by atoms with E-state index in [0.29, 0.717) is 37.8 Å². The predicted molar refractivity (Wildman–Crippen MR) is 185 cm³/mol. The Balaban J connectivity index is 1.54. The van der Waals surface area contributed by atoms with Crippen molar-refractivity contribution >= 4 is 23.5 Å². The van der Waals surface area contributed by atoms with Gasteiger partial charge in [0, 0.05) is 37.7 Å². The SMILES string of the molecule is CN(C)Cc1ccc(CSCCNC(=C[N+](=O)[O-])NCCCCCCNC(=C[N+](=O)[O-])NCCSCc2ccc(CN(C)C)o2)o1. The Morgan fingerprint density at radius 2 is 1.02 bits per heavy atom. The fraction of sp³-hybridized carbons (Fsp3) is 0.600. The van der Waals surface area contributed by atoms with Gasteiger partial charge in [0.25, 0.3) is 12.4 Å². The summed E-state index contributed by atoms with van der Waals surface area (Å²) in [6.45, 7) is 3.90. The molecule has 0 aliphatic heterocycles. The van der Waals surface area contributed by atoms with Gasteiger partial charge in [-0.2, -0.15) is 23.5 Å². The van der Waals surface area contributed by atoms with Crippen LogP contribution in [0, 0.1) is 20.2 Å². The molecule has 0 saturated heterocycles. The summed E-state index contributed by atoms with van der Waals surface area (Å²) in [6.07, 6.45) is 5.47. The van der Waals surface area contributed by atoms with E-state index in [4.69, 9.17) is 8.83 Å². The van der Waals surface area contributed by atoms with Crippen LogP contribution in [0.4, 0.5) is 0 Å². The molecule has 2 aromatic rings. The van der Waals surface area contributed by atoms with Gasteiger partial charge >= 0.3 is 0 Å². The Morgan fingerprint density at radius 3 is 1.39 bits per heavy atom. The van der Waals surface area contributed by atoms with E-state index in [-0.39, 0.29) is 0 Å². The van der Waals surface area contributed by atoms with E-state index >= 15 is 0 Å². The average Bonchev–Trinajstić information content (AvgIpc) is 3.61. The molecule has 0 amide bonds. The van der Waals surface area contributed by atoms with Crippen molar-refractivity contribution in [1.29, 1.82) is 0 Å². The summed E-state index contributed by atoms with van der Waals surface area (Å²) in [5, 5.41) is 34.5. The van der Waals surface area contributed by atoms with Gasteiger partial charge < -0.3 is 39.9 Å². The zero-order chi connectivity index (χ0) is 33.6. The van der Waals surface area contributed by atoms with Crippen LogP contribution in [0.15, 0.2) is 57.1 Å². The van der Waals surface area contributed by atoms with Crippen molar-refractivity contribution in [2.45, 2.75) is 50.3 Å². The zero-order valence-electron chi connectivity index (χ0n) is 27.4. The number of nitrogens with one attached hydrogen (secondary N) is 4. The topological polar surface area (TPSA) is 167 Å². The molecule has 2 heterocycles. The van der Waals surface area contributed by atoms with Crippen molar-refractivity contribution in [3.8, 4) is 0 Å². The maximum atomic E-state index is 11.0. The molecule has 0 unspecified atom stereocenters. The third kappa shape index (κ3) is 19.2. The van der Waals surface area contributed by atoms with Gasteiger partial charge in [0.1, 0.15) is 23.0 Å². The molecule has 14 nitrogen and oxygen atoms in total. The van der Waals surface area contributed by atoms with Crippen molar-refractivity contribution in [2.75, 3.05) is 65.9 Å². The highest BCUT2D eigenvalue weighted by Gasteiger charge is 2.07. The molecule has 0 radical (unpaired) electrons. The normalized spacial score (nSPS) is 12.1. The van der Waals surface area contributed by atoms with Gasteiger partial charge in [-0.3, -0.25) is 20.2 Å². The standard InChI is InChI=1S/C30H50N8O6S2/c1-35(2)19-25-9-11-27(43-25)23-45-17-15-33-29(21-37(39)40)31-13-7-5-6-8-14-32-30(22-38(41)42)34-16-18-46-24-28-12-10-26(44-28)20-36(3)4/h9-12,21-22,31-34H,5-8,13-20,23-24H2,1-4H3. The smallest absolute Gasteiger partial charge is 0.274 e. The molecule has 2 aromatic heterocycles. The summed E-state index contributed by atoms with van der Waals surface area (Å²) >= 11 is 3.40. The first-order chi connectivity index (χ1) is 22.1. The number of nitro groups is 2. The van der Waals surface area contributed by atoms with Crippen LogP contribution in [0.5, 0.6) is 0 Å². The van der Waals surface area contributed by atoms with Crippen molar-refractivity contribution in [3.05, 3.63) is 91.6 Å². The molecule has 0 atom stereocenters. The lowest BCUT2D eigenvalue weighted by molar-refractivity contribution is -0.404. The molecular weight excluding hydrogens is 633 g/mol. The number of hydrogen-bond donors (Lipinski definition) is 4. The molecule has 0 aromatic carbocycles. The van der Waals surface area contributed by atoms with Gasteiger partial charge in [0.2, 0.25) is 0 Å². The predicted octanol–water partition coefficient (Wildman–Crippen LogP) is 4.23. The minimum Gasteiger partial charge on any atom is -0.464 e. The van der Waals surface area contributed by atoms with E-state index in [2.05, 4.69) is 31.1 Å². The number of hydrogen-bond acceptors (Lipinski definition) is 14. The Kier molecular flexibility index (Phi) is 19.5. The quantitative estimate of drug-likeness (QED) is 0.0600. The van der Waals surface area contributed by atoms with Crippen molar-refractivity contribution < 1.29 is 18.7 Å². The second-order valence-corrected chi connectivity index (χ2v) is 13.3. The summed E-state index contributed by atoms with van der Waals surface area (Å²) < 4.78 is 11.6. The van der Waals surface area contributed by atoms with Gasteiger partial charge in [-0.1, -0.05) is 12.8 Å². The fourth-order valence-corrected chi connectivity index (χ4v) is 5.72. The highest BCUT2D eigenvalue weighted by molar-refractivity contribution is 7.98. The number of furan rings is 2. The van der Waals surface area contributed by atoms with Gasteiger partial charge in [-0.15, -0.1) is 0 Å². The minimum atomic E-state index is -0.465. The van der Waals surface area contributed by atoms with Crippen LogP contribution in [-0.2, 0) is 24.6 Å². The van der Waals surface area contributed by atoms with Gasteiger partial charge in [0.15, 0.2) is 11.6 Å². The number of nitrogens with zero attached hydrogens (tertiary/aromatic N) is 4. The first-order valence-corrected chi connectivity index (χ1v) is 17.7. The highest BCUT2D eigenvalue weighted by Crippen LogP contribution is 2.17. The largest absolute Gasteiger partial charge is 0.464 e. The lowest BCUT2D eigenvalue weighted by Gasteiger charge is -2.12. The average molecular weight is 683 g/mol. The van der Waals surface area contributed by atoms with Crippen molar-refractivity contribution in [1.82, 2.24) is 31.1 Å². The maximum Gasteiger partial charge on any atom is 0.274 e. The molecule has 0 fully saturated rings. The molecule has 0 aliphatic carbocycles. The monoisotopic (exact) mass is 682 g/mol. The van der Waals surface area contributed by atoms with Gasteiger partial charge in [0.05, 0.1) is 34.4 Å². The summed E-state index contributed by atoms with van der Waals surface area (Å²) in [5.41, 5.74) is 0. The van der Waals surface area contributed by atoms with Gasteiger partial charge in [-0.25, -0.2) is 0 Å². The first-order valence-electron chi connectivity index (χ1n) is 15.4. The van der Waals surface area contributed by atoms with Crippen LogP contribution < -0.4 is 21.3 Å². The summed E-state index contributed by atoms with van der Waals surface area (Å²) in [4.78, 5) is 25.3. The molecule has 16 heteroatoms. The van der Waals surface area contributed by atoms with Crippen molar-refractivity contribution in [3.63, 3.8) is 0 Å². The van der Waals surface area contributed by atoms with Crippen molar-refractivity contribution in [2.24, 2.45) is 0 Å². The van der Waals surface area contributed by atoms with E-state index in [1.54, 1.807) is 23.5 Å². The third-order valence-corrected chi connectivity index (χ3v) is 8.16. The molecule has 46 heavy (non-hydrogen) atoms. The molecular formula is C30H50N8O6S2. The molecule has 0 saturated carbocycles. The van der Waals surface area contributed by atoms with Crippen LogP contribution in [0.3, 0.4) is 0 Å². The Bertz CT molecular complexity index is 1130. The number of thioether (sulfide) groups is 2. The molecule has 4 N–H and O–H groups in total. The Hall–Kier alpha value is -3.34. The molecule has 0 bridgehead atoms. The Labute approximate surface area is 280 Å². The van der Waals surface area contributed by atoms with E-state index in [1.807, 2.05) is 52.5 Å². The first kappa shape index (κ1) is 38.8. The van der Waals surface area contributed by atoms with Crippen LogP contribution in [-0.4, -0.2) is 85.5 Å². The van der Waals surface area contributed by atoms with E-state index in [1.165, 1.54) is 0 Å². The van der Waals surface area contributed by atoms with Crippen LogP contribution in [0.1, 0.15) is 48.7 Å². The Morgan fingerprint density at radius 1 is 0.652 bits per heavy atom. The number of unbranched alkanes of at least 4 members (excludes halogenated alkanes) is 3. The lowest BCUT2D eigenvalue weighted by Crippen LogP contribution is -2.30. The second kappa shape index (κ2) is 23.1. The molecule has 258 valence electrons. The fourth-order valence-electron chi connectivity index (χ4n) is 4.22. The van der Waals surface area contributed by atoms with E-state index in [0.717, 1.165) is 97.2 Å². The van der Waals surface area contributed by atoms with E-state index in [9.17, 15) is 20.2 Å². The minimum absolute atomic E-state index is 0.399. The van der Waals surface area contributed by atoms with Crippen LogP contribution >= 0.6 is 23.5 Å². The number of rotatable bonds is 27. The van der Waals surface area contributed by atoms with Crippen LogP contribution in [0.2, 0.25) is 0 Å². The maximum absolute atomic E-state index is 11.0. The molecule has 2 rings (SSSR count). The third-order valence-electron chi connectivity index (χ3n) is 6.19. The van der Waals surface area contributed by atoms with Gasteiger partial charge in [-0.05, 0) is 65.3 Å². The summed E-state index contributed by atoms with van der Waals surface area (Å²) in [7, 11) is 7.98. The summed E-state index contributed by atoms with van der Waals surface area (Å²) in [6, 6.07) is 7.95. The molecule has 0 aliphatic rings. The second-order valence-electron chi connectivity index (χ2n) is 11.1. The lowest BCUT2D eigenvalue weighted by atomic mass is 10.2. The van der Waals surface area contributed by atoms with Crippen LogP contribution in [0.25, 0.3) is 0 Å². The van der Waals surface area contributed by atoms with E-state index < -0.39 is 9.85 Å². The zero-order valence-corrected chi connectivity index (χ0v) is 29.1. The molecule has 0 spiro atoms. The summed E-state index contributed by atoms with van der Waals surface area (Å²) in [5.74, 6) is 7.54.